The molecule has 1 atom stereocenters. The summed E-state index contributed by atoms with van der Waals surface area (Å²) in [6.45, 7) is 9.28. The number of rotatable bonds is 7. The number of guanidine groups is 1. The average molecular weight is 395 g/mol. The van der Waals surface area contributed by atoms with Crippen molar-refractivity contribution in [1.82, 2.24) is 10.6 Å². The number of nitrogens with one attached hydrogen (secondary N) is 2. The van der Waals surface area contributed by atoms with Gasteiger partial charge in [-0.3, -0.25) is 4.99 Å². The van der Waals surface area contributed by atoms with Gasteiger partial charge in [0.25, 0.3) is 0 Å². The van der Waals surface area contributed by atoms with Gasteiger partial charge in [-0.25, -0.2) is 0 Å². The predicted octanol–water partition coefficient (Wildman–Crippen LogP) is 3.51. The Morgan fingerprint density at radius 2 is 2.16 bits per heavy atom. The number of aliphatic imine (C=N–C) groups is 1. The van der Waals surface area contributed by atoms with E-state index in [2.05, 4.69) is 53.9 Å². The summed E-state index contributed by atoms with van der Waals surface area (Å²) in [6.07, 6.45) is 2.24. The second-order valence-corrected chi connectivity index (χ2v) is 5.57. The Bertz CT molecular complexity index is 338. The van der Waals surface area contributed by atoms with Crippen LogP contribution in [0.25, 0.3) is 0 Å². The third-order valence-electron chi connectivity index (χ3n) is 2.58. The van der Waals surface area contributed by atoms with Gasteiger partial charge in [0.2, 0.25) is 0 Å². The van der Waals surface area contributed by atoms with Gasteiger partial charge >= 0.3 is 0 Å². The van der Waals surface area contributed by atoms with Crippen molar-refractivity contribution in [1.29, 1.82) is 0 Å². The molecule has 0 saturated heterocycles. The van der Waals surface area contributed by atoms with Gasteiger partial charge in [0.1, 0.15) is 0 Å². The molecule has 2 N–H and O–H groups in total. The van der Waals surface area contributed by atoms with E-state index in [-0.39, 0.29) is 24.0 Å². The zero-order valence-electron chi connectivity index (χ0n) is 12.1. The lowest BCUT2D eigenvalue weighted by Gasteiger charge is -2.12. The van der Waals surface area contributed by atoms with E-state index >= 15 is 0 Å². The van der Waals surface area contributed by atoms with Crippen LogP contribution in [0.1, 0.15) is 32.1 Å². The number of thiophene rings is 1. The van der Waals surface area contributed by atoms with Crippen molar-refractivity contribution in [3.8, 4) is 0 Å². The van der Waals surface area contributed by atoms with Crippen LogP contribution in [0, 0.1) is 5.92 Å². The van der Waals surface area contributed by atoms with E-state index in [0.29, 0.717) is 5.92 Å². The first-order chi connectivity index (χ1) is 8.76. The molecule has 0 spiro atoms. The molecule has 0 radical (unpaired) electrons. The SMILES string of the molecule is CCCNC(=NCC(C)Cc1cccs1)NCC.I. The molecule has 1 aromatic heterocycles. The molecular formula is C14H26IN3S. The normalized spacial score (nSPS) is 12.7. The Morgan fingerprint density at radius 1 is 1.37 bits per heavy atom. The van der Waals surface area contributed by atoms with Gasteiger partial charge in [-0.15, -0.1) is 35.3 Å². The first kappa shape index (κ1) is 18.7. The highest BCUT2D eigenvalue weighted by Gasteiger charge is 2.04. The first-order valence-electron chi connectivity index (χ1n) is 6.80. The minimum absolute atomic E-state index is 0. The molecule has 5 heteroatoms. The van der Waals surface area contributed by atoms with Gasteiger partial charge < -0.3 is 10.6 Å². The highest BCUT2D eigenvalue weighted by molar-refractivity contribution is 14.0. The Hall–Kier alpha value is -0.300. The summed E-state index contributed by atoms with van der Waals surface area (Å²) in [5.74, 6) is 1.53. The molecule has 1 rings (SSSR count). The molecule has 0 saturated carbocycles. The fourth-order valence-electron chi connectivity index (χ4n) is 1.67. The van der Waals surface area contributed by atoms with Gasteiger partial charge in [0, 0.05) is 24.5 Å². The van der Waals surface area contributed by atoms with Gasteiger partial charge in [0.05, 0.1) is 0 Å². The average Bonchev–Trinajstić information content (AvgIpc) is 2.85. The minimum Gasteiger partial charge on any atom is -0.357 e. The lowest BCUT2D eigenvalue weighted by Crippen LogP contribution is -2.38. The molecule has 3 nitrogen and oxygen atoms in total. The summed E-state index contributed by atoms with van der Waals surface area (Å²) < 4.78 is 0. The molecule has 0 aromatic carbocycles. The van der Waals surface area contributed by atoms with Crippen LogP contribution in [-0.2, 0) is 6.42 Å². The smallest absolute Gasteiger partial charge is 0.191 e. The molecule has 0 aliphatic carbocycles. The molecule has 0 aliphatic rings. The van der Waals surface area contributed by atoms with Crippen molar-refractivity contribution in [2.45, 2.75) is 33.6 Å². The van der Waals surface area contributed by atoms with E-state index in [1.807, 2.05) is 11.3 Å². The highest BCUT2D eigenvalue weighted by Crippen LogP contribution is 2.14. The first-order valence-corrected chi connectivity index (χ1v) is 7.68. The summed E-state index contributed by atoms with van der Waals surface area (Å²) in [5, 5.41) is 8.74. The molecular weight excluding hydrogens is 369 g/mol. The van der Waals surface area contributed by atoms with E-state index in [0.717, 1.165) is 38.4 Å². The lowest BCUT2D eigenvalue weighted by atomic mass is 10.1. The van der Waals surface area contributed by atoms with Crippen LogP contribution >= 0.6 is 35.3 Å². The summed E-state index contributed by atoms with van der Waals surface area (Å²) >= 11 is 1.83. The maximum absolute atomic E-state index is 4.63. The third-order valence-corrected chi connectivity index (χ3v) is 3.48. The Kier molecular flexibility index (Phi) is 11.3. The van der Waals surface area contributed by atoms with Crippen LogP contribution in [0.5, 0.6) is 0 Å². The van der Waals surface area contributed by atoms with E-state index in [4.69, 9.17) is 0 Å². The molecule has 0 amide bonds. The van der Waals surface area contributed by atoms with E-state index in [1.54, 1.807) is 0 Å². The van der Waals surface area contributed by atoms with Crippen LogP contribution in [0.2, 0.25) is 0 Å². The molecule has 19 heavy (non-hydrogen) atoms. The van der Waals surface area contributed by atoms with E-state index in [1.165, 1.54) is 4.88 Å². The van der Waals surface area contributed by atoms with Crippen LogP contribution in [0.15, 0.2) is 22.5 Å². The molecule has 0 aliphatic heterocycles. The fraction of sp³-hybridized carbons (Fsp3) is 0.643. The number of hydrogen-bond donors (Lipinski definition) is 2. The predicted molar refractivity (Wildman–Crippen MR) is 96.9 cm³/mol. The monoisotopic (exact) mass is 395 g/mol. The maximum Gasteiger partial charge on any atom is 0.191 e. The molecule has 1 unspecified atom stereocenters. The van der Waals surface area contributed by atoms with Crippen molar-refractivity contribution >= 4 is 41.3 Å². The van der Waals surface area contributed by atoms with Gasteiger partial charge in [-0.05, 0) is 37.1 Å². The van der Waals surface area contributed by atoms with Gasteiger partial charge in [0.15, 0.2) is 5.96 Å². The summed E-state index contributed by atoms with van der Waals surface area (Å²) in [5.41, 5.74) is 0. The molecule has 0 fully saturated rings. The topological polar surface area (TPSA) is 36.4 Å². The van der Waals surface area contributed by atoms with E-state index in [9.17, 15) is 0 Å². The molecule has 0 bridgehead atoms. The van der Waals surface area contributed by atoms with Gasteiger partial charge in [-0.2, -0.15) is 0 Å². The summed E-state index contributed by atoms with van der Waals surface area (Å²) in [4.78, 5) is 6.08. The molecule has 110 valence electrons. The number of halogens is 1. The number of hydrogen-bond acceptors (Lipinski definition) is 2. The molecule has 1 aromatic rings. The Morgan fingerprint density at radius 3 is 2.74 bits per heavy atom. The largest absolute Gasteiger partial charge is 0.357 e. The second-order valence-electron chi connectivity index (χ2n) is 4.54. The van der Waals surface area contributed by atoms with Crippen LogP contribution in [0.4, 0.5) is 0 Å². The van der Waals surface area contributed by atoms with Crippen LogP contribution < -0.4 is 10.6 Å². The van der Waals surface area contributed by atoms with Crippen molar-refractivity contribution < 1.29 is 0 Å². The zero-order valence-corrected chi connectivity index (χ0v) is 15.3. The Balaban J connectivity index is 0.00000324. The van der Waals surface area contributed by atoms with E-state index < -0.39 is 0 Å². The van der Waals surface area contributed by atoms with Crippen LogP contribution in [-0.4, -0.2) is 25.6 Å². The van der Waals surface area contributed by atoms with Crippen molar-refractivity contribution in [2.24, 2.45) is 10.9 Å². The quantitative estimate of drug-likeness (QED) is 0.421. The second kappa shape index (κ2) is 11.5. The number of nitrogens with zero attached hydrogens (tertiary/aromatic N) is 1. The highest BCUT2D eigenvalue weighted by atomic mass is 127. The maximum atomic E-state index is 4.63. The zero-order chi connectivity index (χ0) is 13.2. The molecule has 1 heterocycles. The fourth-order valence-corrected chi connectivity index (χ4v) is 2.54. The minimum atomic E-state index is 0. The van der Waals surface area contributed by atoms with Crippen molar-refractivity contribution in [3.63, 3.8) is 0 Å². The van der Waals surface area contributed by atoms with Crippen LogP contribution in [0.3, 0.4) is 0 Å². The van der Waals surface area contributed by atoms with Gasteiger partial charge in [-0.1, -0.05) is 19.9 Å². The third kappa shape index (κ3) is 8.47. The Labute approximate surface area is 138 Å². The standard InChI is InChI=1S/C14H25N3S.HI/c1-4-8-16-14(15-5-2)17-11-12(3)10-13-7-6-9-18-13;/h6-7,9,12H,4-5,8,10-11H2,1-3H3,(H2,15,16,17);1H. The summed E-state index contributed by atoms with van der Waals surface area (Å²) in [6, 6.07) is 4.31. The van der Waals surface area contributed by atoms with Crippen molar-refractivity contribution in [2.75, 3.05) is 19.6 Å². The summed E-state index contributed by atoms with van der Waals surface area (Å²) in [7, 11) is 0. The van der Waals surface area contributed by atoms with Crippen molar-refractivity contribution in [3.05, 3.63) is 22.4 Å². The lowest BCUT2D eigenvalue weighted by molar-refractivity contribution is 0.594.